The van der Waals surface area contributed by atoms with Crippen molar-refractivity contribution in [2.24, 2.45) is 213 Å². The van der Waals surface area contributed by atoms with Crippen molar-refractivity contribution in [2.45, 2.75) is 25.0 Å². The Hall–Kier alpha value is -0.0800. The fourth-order valence-electron chi connectivity index (χ4n) is 25.6. The summed E-state index contributed by atoms with van der Waals surface area (Å²) in [5, 5.41) is 20.8. The Morgan fingerprint density at radius 1 is 0.190 bits per heavy atom. The van der Waals surface area contributed by atoms with Crippen molar-refractivity contribution in [2.75, 3.05) is 0 Å². The maximum Gasteiger partial charge on any atom is 0.0576 e. The molecule has 0 heterocycles. The second-order valence-corrected chi connectivity index (χ2v) is 22.6. The summed E-state index contributed by atoms with van der Waals surface area (Å²) < 4.78 is 0. The molecule has 0 aromatic rings. The summed E-state index contributed by atoms with van der Waals surface area (Å²) in [4.78, 5) is 0. The van der Waals surface area contributed by atoms with Gasteiger partial charge >= 0.3 is 0 Å². The van der Waals surface area contributed by atoms with E-state index in [1.807, 2.05) is 0 Å². The summed E-state index contributed by atoms with van der Waals surface area (Å²) in [6.45, 7) is 0. The number of fused-ring (bicyclic) bond motifs is 52. The highest BCUT2D eigenvalue weighted by Gasteiger charge is 2.98. The van der Waals surface area contributed by atoms with Gasteiger partial charge in [0, 0.05) is 0 Å². The van der Waals surface area contributed by atoms with Crippen molar-refractivity contribution in [1.29, 1.82) is 0 Å². The minimum Gasteiger partial charge on any atom is -0.393 e. The molecule has 0 amide bonds. The van der Waals surface area contributed by atoms with Crippen LogP contribution in [0.1, 0.15) is 12.8 Å². The summed E-state index contributed by atoms with van der Waals surface area (Å²) in [5.41, 5.74) is 0. The summed E-state index contributed by atoms with van der Waals surface area (Å²) >= 11 is 0. The maximum atomic E-state index is 10.4. The van der Waals surface area contributed by atoms with Crippen molar-refractivity contribution in [3.05, 3.63) is 0 Å². The molecule has 19 saturated carbocycles. The Balaban J connectivity index is 0.604. The zero-order chi connectivity index (χ0) is 25.4. The highest BCUT2D eigenvalue weighted by molar-refractivity contribution is 5.44. The molecule has 0 radical (unpaired) electrons. The first-order valence-corrected chi connectivity index (χ1v) is 20.1. The monoisotopic (exact) mass is 556 g/mol. The van der Waals surface area contributed by atoms with Gasteiger partial charge in [-0.25, -0.2) is 0 Å². The number of hydrogen-bond acceptors (Lipinski definition) is 2. The van der Waals surface area contributed by atoms with Gasteiger partial charge in [0.2, 0.25) is 0 Å². The molecule has 0 aliphatic heterocycles. The SMILES string of the molecule is OC1CC2C1C1C2C2C1C1C2C2C1C1C2C2C1C1C2C2C1C1C3C4C5C6C7C8C9C%10CC(O)C%10C9C8C7C6C5C4C3C21. The third-order valence-electron chi connectivity index (χ3n) is 25.2. The number of rotatable bonds is 0. The Labute approximate surface area is 247 Å². The summed E-state index contributed by atoms with van der Waals surface area (Å²) in [6.07, 6.45) is 2.61. The topological polar surface area (TPSA) is 40.5 Å². The van der Waals surface area contributed by atoms with Gasteiger partial charge in [0.15, 0.2) is 0 Å². The van der Waals surface area contributed by atoms with Crippen LogP contribution in [0.2, 0.25) is 0 Å². The first-order valence-electron chi connectivity index (χ1n) is 20.1. The van der Waals surface area contributed by atoms with Crippen molar-refractivity contribution >= 4 is 0 Å². The molecule has 19 rings (SSSR count). The van der Waals surface area contributed by atoms with Gasteiger partial charge in [0.25, 0.3) is 0 Å². The van der Waals surface area contributed by atoms with E-state index in [2.05, 4.69) is 0 Å². The standard InChI is InChI=1S/C40H44O2/c41-5-1-3-7(5)11-9(3)13-15(11)19-17(13)21-23(19)27-25(21)29-31(27)35-33(29)37-39(35)38-34-30-26-22-18-14-10-4-2-6(42)8(4)12(10)16(14)20(18)24(22)28(26)32(30)36(34)40(37)38/h3-42H,1-2H2. The molecule has 216 valence electrons. The van der Waals surface area contributed by atoms with Crippen LogP contribution in [-0.2, 0) is 0 Å². The Morgan fingerprint density at radius 3 is 0.500 bits per heavy atom. The molecule has 19 fully saturated rings. The van der Waals surface area contributed by atoms with E-state index in [0.29, 0.717) is 0 Å². The summed E-state index contributed by atoms with van der Waals surface area (Å²) in [6, 6.07) is 0. The van der Waals surface area contributed by atoms with Crippen molar-refractivity contribution in [1.82, 2.24) is 0 Å². The average molecular weight is 557 g/mol. The molecule has 34 atom stereocenters. The fourth-order valence-corrected chi connectivity index (χ4v) is 25.6. The Kier molecular flexibility index (Phi) is 2.26. The Bertz CT molecular complexity index is 1480. The molecule has 19 aliphatic rings. The summed E-state index contributed by atoms with van der Waals surface area (Å²) in [7, 11) is 0. The van der Waals surface area contributed by atoms with Crippen LogP contribution in [0, 0.1) is 213 Å². The highest BCUT2D eigenvalue weighted by atomic mass is 16.3. The predicted octanol–water partition coefficient (Wildman–Crippen LogP) is 3.93. The van der Waals surface area contributed by atoms with E-state index in [9.17, 15) is 10.2 Å². The molecule has 2 heteroatoms. The maximum absolute atomic E-state index is 10.4. The average Bonchev–Trinajstić information content (AvgIpc) is 2.90. The van der Waals surface area contributed by atoms with Gasteiger partial charge in [-0.05, 0) is 226 Å². The molecule has 42 heavy (non-hydrogen) atoms. The molecule has 0 saturated heterocycles. The number of hydrogen-bond donors (Lipinski definition) is 2. The lowest BCUT2D eigenvalue weighted by Gasteiger charge is -3.01. The molecular formula is C40H44O2. The van der Waals surface area contributed by atoms with Gasteiger partial charge in [0.05, 0.1) is 12.2 Å². The smallest absolute Gasteiger partial charge is 0.0576 e. The zero-order valence-corrected chi connectivity index (χ0v) is 24.2. The molecule has 0 aromatic heterocycles. The zero-order valence-electron chi connectivity index (χ0n) is 24.2. The van der Waals surface area contributed by atoms with Gasteiger partial charge in [-0.2, -0.15) is 0 Å². The van der Waals surface area contributed by atoms with Crippen LogP contribution in [0.3, 0.4) is 0 Å². The highest BCUT2D eigenvalue weighted by Crippen LogP contribution is 3.01. The van der Waals surface area contributed by atoms with E-state index in [4.69, 9.17) is 0 Å². The molecule has 0 aromatic carbocycles. The Morgan fingerprint density at radius 2 is 0.333 bits per heavy atom. The molecule has 19 aliphatic carbocycles. The van der Waals surface area contributed by atoms with Crippen molar-refractivity contribution in [3.8, 4) is 0 Å². The molecule has 2 N–H and O–H groups in total. The first-order chi connectivity index (χ1) is 20.8. The second-order valence-electron chi connectivity index (χ2n) is 22.6. The van der Waals surface area contributed by atoms with E-state index in [1.165, 1.54) is 167 Å². The van der Waals surface area contributed by atoms with E-state index < -0.39 is 0 Å². The van der Waals surface area contributed by atoms with Crippen LogP contribution in [0.4, 0.5) is 0 Å². The van der Waals surface area contributed by atoms with Crippen LogP contribution >= 0.6 is 0 Å². The van der Waals surface area contributed by atoms with E-state index in [1.54, 1.807) is 0 Å². The van der Waals surface area contributed by atoms with Crippen LogP contribution in [0.5, 0.6) is 0 Å². The van der Waals surface area contributed by atoms with E-state index >= 15 is 0 Å². The summed E-state index contributed by atoms with van der Waals surface area (Å²) in [5.74, 6) is 42.2. The minimum absolute atomic E-state index is 0.115. The second kappa shape index (κ2) is 4.85. The van der Waals surface area contributed by atoms with Crippen LogP contribution in [0.25, 0.3) is 0 Å². The minimum atomic E-state index is 0.115. The van der Waals surface area contributed by atoms with Gasteiger partial charge < -0.3 is 10.2 Å². The van der Waals surface area contributed by atoms with Crippen LogP contribution < -0.4 is 0 Å². The van der Waals surface area contributed by atoms with Gasteiger partial charge in [-0.1, -0.05) is 0 Å². The van der Waals surface area contributed by atoms with Crippen LogP contribution in [0.15, 0.2) is 0 Å². The molecule has 0 spiro atoms. The van der Waals surface area contributed by atoms with Gasteiger partial charge in [-0.3, -0.25) is 0 Å². The van der Waals surface area contributed by atoms with Gasteiger partial charge in [0.1, 0.15) is 0 Å². The normalized spacial score (nSPS) is 99.0. The quantitative estimate of drug-likeness (QED) is 0.444. The van der Waals surface area contributed by atoms with E-state index in [0.717, 1.165) is 59.2 Å². The lowest BCUT2D eigenvalue weighted by atomic mass is 9.03. The number of aliphatic hydroxyl groups excluding tert-OH is 2. The first kappa shape index (κ1) is 19.6. The molecule has 2 nitrogen and oxygen atoms in total. The molecular weight excluding hydrogens is 512 g/mol. The van der Waals surface area contributed by atoms with Crippen molar-refractivity contribution < 1.29 is 10.2 Å². The fraction of sp³-hybridized carbons (Fsp3) is 1.00. The third kappa shape index (κ3) is 1.21. The lowest BCUT2D eigenvalue weighted by Crippen LogP contribution is -2.98. The predicted molar refractivity (Wildman–Crippen MR) is 147 cm³/mol. The largest absolute Gasteiger partial charge is 0.393 e. The molecule has 34 unspecified atom stereocenters. The van der Waals surface area contributed by atoms with Gasteiger partial charge in [-0.15, -0.1) is 0 Å². The van der Waals surface area contributed by atoms with Crippen molar-refractivity contribution in [3.63, 3.8) is 0 Å². The third-order valence-corrected chi connectivity index (χ3v) is 25.2. The van der Waals surface area contributed by atoms with Crippen LogP contribution in [-0.4, -0.2) is 22.4 Å². The molecule has 0 bridgehead atoms. The lowest BCUT2D eigenvalue weighted by molar-refractivity contribution is -0.544. The number of aliphatic hydroxyl groups is 2. The van der Waals surface area contributed by atoms with E-state index in [-0.39, 0.29) is 12.2 Å².